The van der Waals surface area contributed by atoms with E-state index in [1.54, 1.807) is 12.1 Å². The van der Waals surface area contributed by atoms with Crippen molar-refractivity contribution in [2.24, 2.45) is 5.73 Å². The third-order valence-electron chi connectivity index (χ3n) is 3.74. The molecule has 0 spiro atoms. The standard InChI is InChI=1S/C14H19N3O3/c1-10-8-12(15)6-7-16(10)14(18)9-11-2-4-13(5-3-11)17(19)20/h2-5,10,12H,6-9,15H2,1H3. The number of likely N-dealkylation sites (tertiary alicyclic amines) is 1. The molecule has 0 radical (unpaired) electrons. The second-order valence-corrected chi connectivity index (χ2v) is 5.32. The average Bonchev–Trinajstić information content (AvgIpc) is 2.39. The van der Waals surface area contributed by atoms with Crippen LogP contribution in [0.1, 0.15) is 25.3 Å². The molecular weight excluding hydrogens is 258 g/mol. The van der Waals surface area contributed by atoms with Crippen LogP contribution in [0.5, 0.6) is 0 Å². The van der Waals surface area contributed by atoms with E-state index >= 15 is 0 Å². The van der Waals surface area contributed by atoms with Gasteiger partial charge in [0.15, 0.2) is 0 Å². The van der Waals surface area contributed by atoms with Crippen LogP contribution in [0.4, 0.5) is 5.69 Å². The molecular formula is C14H19N3O3. The number of amides is 1. The molecule has 2 rings (SSSR count). The first kappa shape index (κ1) is 14.5. The van der Waals surface area contributed by atoms with Crippen LogP contribution in [0.25, 0.3) is 0 Å². The molecule has 2 unspecified atom stereocenters. The summed E-state index contributed by atoms with van der Waals surface area (Å²) in [5.74, 6) is 0.0539. The lowest BCUT2D eigenvalue weighted by Gasteiger charge is -2.36. The van der Waals surface area contributed by atoms with E-state index in [9.17, 15) is 14.9 Å². The summed E-state index contributed by atoms with van der Waals surface area (Å²) in [5.41, 5.74) is 6.72. The number of hydrogen-bond acceptors (Lipinski definition) is 4. The Morgan fingerprint density at radius 1 is 1.45 bits per heavy atom. The van der Waals surface area contributed by atoms with Gasteiger partial charge in [-0.3, -0.25) is 14.9 Å². The van der Waals surface area contributed by atoms with Crippen LogP contribution in [-0.2, 0) is 11.2 Å². The fourth-order valence-electron chi connectivity index (χ4n) is 2.59. The van der Waals surface area contributed by atoms with Crippen molar-refractivity contribution in [1.29, 1.82) is 0 Å². The van der Waals surface area contributed by atoms with E-state index in [0.717, 1.165) is 18.4 Å². The average molecular weight is 277 g/mol. The Hall–Kier alpha value is -1.95. The minimum Gasteiger partial charge on any atom is -0.340 e. The topological polar surface area (TPSA) is 89.5 Å². The summed E-state index contributed by atoms with van der Waals surface area (Å²) < 4.78 is 0. The first-order valence-electron chi connectivity index (χ1n) is 6.75. The molecule has 1 aliphatic heterocycles. The van der Waals surface area contributed by atoms with Crippen LogP contribution in [-0.4, -0.2) is 34.4 Å². The fraction of sp³-hybridized carbons (Fsp3) is 0.500. The molecule has 0 aliphatic carbocycles. The van der Waals surface area contributed by atoms with Crippen molar-refractivity contribution >= 4 is 11.6 Å². The first-order chi connectivity index (χ1) is 9.47. The van der Waals surface area contributed by atoms with Gasteiger partial charge in [0.25, 0.3) is 5.69 Å². The van der Waals surface area contributed by atoms with Gasteiger partial charge in [-0.2, -0.15) is 0 Å². The molecule has 1 amide bonds. The number of hydrogen-bond donors (Lipinski definition) is 1. The highest BCUT2D eigenvalue weighted by Gasteiger charge is 2.26. The largest absolute Gasteiger partial charge is 0.340 e. The maximum atomic E-state index is 12.3. The predicted octanol–water partition coefficient (Wildman–Crippen LogP) is 1.48. The van der Waals surface area contributed by atoms with Gasteiger partial charge in [0.2, 0.25) is 5.91 Å². The molecule has 6 heteroatoms. The Morgan fingerprint density at radius 2 is 2.10 bits per heavy atom. The number of piperidine rings is 1. The zero-order chi connectivity index (χ0) is 14.7. The fourth-order valence-corrected chi connectivity index (χ4v) is 2.59. The first-order valence-corrected chi connectivity index (χ1v) is 6.75. The molecule has 0 aromatic heterocycles. The van der Waals surface area contributed by atoms with Crippen molar-refractivity contribution in [2.75, 3.05) is 6.54 Å². The monoisotopic (exact) mass is 277 g/mol. The number of nitrogens with two attached hydrogens (primary N) is 1. The summed E-state index contributed by atoms with van der Waals surface area (Å²) in [7, 11) is 0. The van der Waals surface area contributed by atoms with Gasteiger partial charge >= 0.3 is 0 Å². The van der Waals surface area contributed by atoms with E-state index in [4.69, 9.17) is 5.73 Å². The lowest BCUT2D eigenvalue weighted by molar-refractivity contribution is -0.384. The number of nitro benzene ring substituents is 1. The van der Waals surface area contributed by atoms with Crippen molar-refractivity contribution < 1.29 is 9.72 Å². The number of carbonyl (C=O) groups is 1. The van der Waals surface area contributed by atoms with E-state index in [-0.39, 0.29) is 30.1 Å². The van der Waals surface area contributed by atoms with Crippen molar-refractivity contribution in [1.82, 2.24) is 4.90 Å². The Bertz CT molecular complexity index is 501. The van der Waals surface area contributed by atoms with Gasteiger partial charge < -0.3 is 10.6 Å². The van der Waals surface area contributed by atoms with Crippen molar-refractivity contribution in [3.05, 3.63) is 39.9 Å². The highest BCUT2D eigenvalue weighted by Crippen LogP contribution is 2.18. The molecule has 1 heterocycles. The molecule has 2 atom stereocenters. The molecule has 2 N–H and O–H groups in total. The number of rotatable bonds is 3. The van der Waals surface area contributed by atoms with Gasteiger partial charge in [-0.25, -0.2) is 0 Å². The van der Waals surface area contributed by atoms with Crippen molar-refractivity contribution in [3.63, 3.8) is 0 Å². The van der Waals surface area contributed by atoms with E-state index < -0.39 is 4.92 Å². The Kier molecular flexibility index (Phi) is 4.34. The van der Waals surface area contributed by atoms with Gasteiger partial charge in [0, 0.05) is 30.8 Å². The molecule has 0 saturated carbocycles. The molecule has 108 valence electrons. The van der Waals surface area contributed by atoms with E-state index in [2.05, 4.69) is 0 Å². The van der Waals surface area contributed by atoms with Crippen LogP contribution in [0.3, 0.4) is 0 Å². The third-order valence-corrected chi connectivity index (χ3v) is 3.74. The maximum Gasteiger partial charge on any atom is 0.269 e. The smallest absolute Gasteiger partial charge is 0.269 e. The maximum absolute atomic E-state index is 12.3. The molecule has 6 nitrogen and oxygen atoms in total. The number of benzene rings is 1. The quantitative estimate of drug-likeness (QED) is 0.669. The molecule has 1 aromatic carbocycles. The zero-order valence-electron chi connectivity index (χ0n) is 11.5. The van der Waals surface area contributed by atoms with Gasteiger partial charge in [-0.15, -0.1) is 0 Å². The molecule has 20 heavy (non-hydrogen) atoms. The van der Waals surface area contributed by atoms with Gasteiger partial charge in [-0.1, -0.05) is 12.1 Å². The molecule has 1 aliphatic rings. The summed E-state index contributed by atoms with van der Waals surface area (Å²) in [4.78, 5) is 24.2. The van der Waals surface area contributed by atoms with Gasteiger partial charge in [-0.05, 0) is 25.3 Å². The minimum absolute atomic E-state index is 0.0403. The summed E-state index contributed by atoms with van der Waals surface area (Å²) in [6, 6.07) is 6.46. The van der Waals surface area contributed by atoms with E-state index in [1.807, 2.05) is 11.8 Å². The highest BCUT2D eigenvalue weighted by molar-refractivity contribution is 5.79. The second-order valence-electron chi connectivity index (χ2n) is 5.32. The summed E-state index contributed by atoms with van der Waals surface area (Å²) >= 11 is 0. The Balaban J connectivity index is 1.99. The molecule has 1 fully saturated rings. The van der Waals surface area contributed by atoms with Crippen LogP contribution >= 0.6 is 0 Å². The lowest BCUT2D eigenvalue weighted by atomic mass is 9.98. The molecule has 1 saturated heterocycles. The van der Waals surface area contributed by atoms with Crippen LogP contribution < -0.4 is 5.73 Å². The zero-order valence-corrected chi connectivity index (χ0v) is 11.5. The van der Waals surface area contributed by atoms with Crippen molar-refractivity contribution in [3.8, 4) is 0 Å². The van der Waals surface area contributed by atoms with Crippen LogP contribution in [0, 0.1) is 10.1 Å². The normalized spacial score (nSPS) is 22.6. The number of nitrogens with zero attached hydrogens (tertiary/aromatic N) is 2. The van der Waals surface area contributed by atoms with E-state index in [1.165, 1.54) is 12.1 Å². The predicted molar refractivity (Wildman–Crippen MR) is 75.2 cm³/mol. The number of non-ortho nitro benzene ring substituents is 1. The second kappa shape index (κ2) is 6.00. The van der Waals surface area contributed by atoms with Crippen molar-refractivity contribution in [2.45, 2.75) is 38.3 Å². The number of carbonyl (C=O) groups excluding carboxylic acids is 1. The molecule has 1 aromatic rings. The lowest BCUT2D eigenvalue weighted by Crippen LogP contribution is -2.48. The summed E-state index contributed by atoms with van der Waals surface area (Å²) in [5, 5.41) is 10.6. The van der Waals surface area contributed by atoms with Gasteiger partial charge in [0.1, 0.15) is 0 Å². The minimum atomic E-state index is -0.445. The van der Waals surface area contributed by atoms with E-state index in [0.29, 0.717) is 6.54 Å². The Morgan fingerprint density at radius 3 is 2.65 bits per heavy atom. The highest BCUT2D eigenvalue weighted by atomic mass is 16.6. The number of nitro groups is 1. The molecule has 0 bridgehead atoms. The summed E-state index contributed by atoms with van der Waals surface area (Å²) in [6.07, 6.45) is 1.93. The third kappa shape index (κ3) is 3.33. The SMILES string of the molecule is CC1CC(N)CCN1C(=O)Cc1ccc([N+](=O)[O-])cc1. The van der Waals surface area contributed by atoms with Crippen LogP contribution in [0.2, 0.25) is 0 Å². The van der Waals surface area contributed by atoms with Gasteiger partial charge in [0.05, 0.1) is 11.3 Å². The summed E-state index contributed by atoms with van der Waals surface area (Å²) in [6.45, 7) is 2.70. The Labute approximate surface area is 117 Å². The van der Waals surface area contributed by atoms with Crippen LogP contribution in [0.15, 0.2) is 24.3 Å².